The van der Waals surface area contributed by atoms with E-state index < -0.39 is 0 Å². The minimum atomic E-state index is 0.316. The summed E-state index contributed by atoms with van der Waals surface area (Å²) in [4.78, 5) is 2.67. The maximum Gasteiger partial charge on any atom is 0.0278 e. The van der Waals surface area contributed by atoms with Gasteiger partial charge in [-0.15, -0.1) is 0 Å². The van der Waals surface area contributed by atoms with Crippen LogP contribution in [0.3, 0.4) is 0 Å². The van der Waals surface area contributed by atoms with Crippen molar-refractivity contribution in [2.24, 2.45) is 5.41 Å². The van der Waals surface area contributed by atoms with Crippen LogP contribution in [0.5, 0.6) is 0 Å². The zero-order chi connectivity index (χ0) is 12.4. The second-order valence-corrected chi connectivity index (χ2v) is 6.57. The predicted molar refractivity (Wildman–Crippen MR) is 71.8 cm³/mol. The summed E-state index contributed by atoms with van der Waals surface area (Å²) < 4.78 is 0. The van der Waals surface area contributed by atoms with Crippen molar-refractivity contribution in [1.82, 2.24) is 10.2 Å². The van der Waals surface area contributed by atoms with Gasteiger partial charge in [-0.3, -0.25) is 4.90 Å². The zero-order valence-corrected chi connectivity index (χ0v) is 12.1. The first-order chi connectivity index (χ1) is 7.32. The third kappa shape index (κ3) is 3.46. The lowest BCUT2D eigenvalue weighted by atomic mass is 9.86. The average Bonchev–Trinajstić information content (AvgIpc) is 2.23. The summed E-state index contributed by atoms with van der Waals surface area (Å²) in [6, 6.07) is 0.672. The quantitative estimate of drug-likeness (QED) is 0.793. The molecule has 1 N–H and O–H groups in total. The lowest BCUT2D eigenvalue weighted by Crippen LogP contribution is -2.63. The van der Waals surface area contributed by atoms with Gasteiger partial charge < -0.3 is 5.32 Å². The third-order valence-corrected chi connectivity index (χ3v) is 4.37. The minimum Gasteiger partial charge on any atom is -0.309 e. The van der Waals surface area contributed by atoms with Crippen molar-refractivity contribution in [1.29, 1.82) is 0 Å². The summed E-state index contributed by atoms with van der Waals surface area (Å²) in [5.41, 5.74) is 0.760. The lowest BCUT2D eigenvalue weighted by molar-refractivity contribution is 0.0573. The Hall–Kier alpha value is -0.0800. The van der Waals surface area contributed by atoms with Gasteiger partial charge in [-0.2, -0.15) is 0 Å². The molecule has 0 saturated carbocycles. The first-order valence-electron chi connectivity index (χ1n) is 6.81. The second kappa shape index (κ2) is 5.05. The van der Waals surface area contributed by atoms with E-state index in [0.717, 1.165) is 6.54 Å². The number of rotatable bonds is 4. The molecule has 0 aliphatic carbocycles. The molecule has 1 rings (SSSR count). The van der Waals surface area contributed by atoms with Crippen LogP contribution in [0, 0.1) is 5.41 Å². The zero-order valence-electron chi connectivity index (χ0n) is 12.1. The number of hydrogen-bond acceptors (Lipinski definition) is 2. The molecule has 0 aromatic carbocycles. The molecule has 0 radical (unpaired) electrons. The summed E-state index contributed by atoms with van der Waals surface area (Å²) >= 11 is 0. The lowest BCUT2D eigenvalue weighted by Gasteiger charge is -2.47. The van der Waals surface area contributed by atoms with Crippen molar-refractivity contribution in [3.63, 3.8) is 0 Å². The fraction of sp³-hybridized carbons (Fsp3) is 1.00. The Bertz CT molecular complexity index is 223. The van der Waals surface area contributed by atoms with Crippen molar-refractivity contribution < 1.29 is 0 Å². The summed E-state index contributed by atoms with van der Waals surface area (Å²) in [7, 11) is 0. The molecule has 2 nitrogen and oxygen atoms in total. The van der Waals surface area contributed by atoms with Crippen LogP contribution in [0.4, 0.5) is 0 Å². The van der Waals surface area contributed by atoms with Crippen molar-refractivity contribution in [2.45, 2.75) is 66.0 Å². The van der Waals surface area contributed by atoms with E-state index in [4.69, 9.17) is 0 Å². The van der Waals surface area contributed by atoms with Gasteiger partial charge in [-0.05, 0) is 32.1 Å². The molecule has 2 unspecified atom stereocenters. The van der Waals surface area contributed by atoms with Crippen molar-refractivity contribution in [2.75, 3.05) is 19.6 Å². The molecule has 0 bridgehead atoms. The maximum atomic E-state index is 3.69. The molecule has 1 heterocycles. The molecule has 0 aromatic rings. The van der Waals surface area contributed by atoms with Gasteiger partial charge in [0.2, 0.25) is 0 Å². The molecule has 2 heteroatoms. The number of hydrogen-bond donors (Lipinski definition) is 1. The van der Waals surface area contributed by atoms with Crippen LogP contribution in [-0.4, -0.2) is 36.1 Å². The van der Waals surface area contributed by atoms with E-state index >= 15 is 0 Å². The minimum absolute atomic E-state index is 0.316. The van der Waals surface area contributed by atoms with Gasteiger partial charge in [0.25, 0.3) is 0 Å². The Morgan fingerprint density at radius 2 is 2.00 bits per heavy atom. The summed E-state index contributed by atoms with van der Waals surface area (Å²) in [6.07, 6.45) is 2.47. The van der Waals surface area contributed by atoms with Crippen LogP contribution in [0.25, 0.3) is 0 Å². The Morgan fingerprint density at radius 3 is 2.50 bits per heavy atom. The third-order valence-electron chi connectivity index (χ3n) is 4.37. The van der Waals surface area contributed by atoms with E-state index in [1.807, 2.05) is 0 Å². The van der Waals surface area contributed by atoms with Gasteiger partial charge in [-0.1, -0.05) is 27.7 Å². The van der Waals surface area contributed by atoms with E-state index in [0.29, 0.717) is 17.0 Å². The average molecular weight is 226 g/mol. The SMILES string of the molecule is CCC(C)(C)CN1CC(C)(CC)NCC1C. The fourth-order valence-electron chi connectivity index (χ4n) is 2.29. The van der Waals surface area contributed by atoms with E-state index in [1.165, 1.54) is 25.9 Å². The van der Waals surface area contributed by atoms with E-state index in [-0.39, 0.29) is 0 Å². The van der Waals surface area contributed by atoms with Gasteiger partial charge in [0.05, 0.1) is 0 Å². The second-order valence-electron chi connectivity index (χ2n) is 6.57. The highest BCUT2D eigenvalue weighted by molar-refractivity contribution is 4.94. The Morgan fingerprint density at radius 1 is 1.38 bits per heavy atom. The van der Waals surface area contributed by atoms with Crippen LogP contribution in [0.1, 0.15) is 54.4 Å². The van der Waals surface area contributed by atoms with E-state index in [2.05, 4.69) is 51.8 Å². The van der Waals surface area contributed by atoms with Crippen LogP contribution < -0.4 is 5.32 Å². The summed E-state index contributed by atoms with van der Waals surface area (Å²) in [5, 5.41) is 3.69. The van der Waals surface area contributed by atoms with E-state index in [1.54, 1.807) is 0 Å². The maximum absolute atomic E-state index is 3.69. The molecule has 0 spiro atoms. The molecule has 2 atom stereocenters. The molecule has 16 heavy (non-hydrogen) atoms. The number of nitrogens with zero attached hydrogens (tertiary/aromatic N) is 1. The molecule has 1 aliphatic rings. The topological polar surface area (TPSA) is 15.3 Å². The number of nitrogens with one attached hydrogen (secondary N) is 1. The standard InChI is InChI=1S/C14H30N2/c1-7-13(4,5)10-16-11-14(6,8-2)15-9-12(16)3/h12,15H,7-11H2,1-6H3. The molecular formula is C14H30N2. The van der Waals surface area contributed by atoms with Crippen LogP contribution >= 0.6 is 0 Å². The van der Waals surface area contributed by atoms with Crippen LogP contribution in [-0.2, 0) is 0 Å². The Balaban J connectivity index is 2.63. The van der Waals surface area contributed by atoms with Gasteiger partial charge in [0, 0.05) is 31.2 Å². The molecule has 96 valence electrons. The molecule has 0 aromatic heterocycles. The molecule has 0 amide bonds. The smallest absolute Gasteiger partial charge is 0.0278 e. The Kier molecular flexibility index (Phi) is 4.42. The van der Waals surface area contributed by atoms with Crippen molar-refractivity contribution >= 4 is 0 Å². The van der Waals surface area contributed by atoms with Gasteiger partial charge >= 0.3 is 0 Å². The Labute approximate surface area is 102 Å². The van der Waals surface area contributed by atoms with Gasteiger partial charge in [-0.25, -0.2) is 0 Å². The van der Waals surface area contributed by atoms with Crippen molar-refractivity contribution in [3.8, 4) is 0 Å². The van der Waals surface area contributed by atoms with Crippen LogP contribution in [0.15, 0.2) is 0 Å². The highest BCUT2D eigenvalue weighted by atomic mass is 15.2. The molecular weight excluding hydrogens is 196 g/mol. The summed E-state index contributed by atoms with van der Waals surface area (Å²) in [6.45, 7) is 17.6. The van der Waals surface area contributed by atoms with Gasteiger partial charge in [0.15, 0.2) is 0 Å². The highest BCUT2D eigenvalue weighted by Crippen LogP contribution is 2.26. The highest BCUT2D eigenvalue weighted by Gasteiger charge is 2.34. The van der Waals surface area contributed by atoms with E-state index in [9.17, 15) is 0 Å². The monoisotopic (exact) mass is 226 g/mol. The predicted octanol–water partition coefficient (Wildman–Crippen LogP) is 2.89. The fourth-order valence-corrected chi connectivity index (χ4v) is 2.29. The van der Waals surface area contributed by atoms with Gasteiger partial charge in [0.1, 0.15) is 0 Å². The first-order valence-corrected chi connectivity index (χ1v) is 6.81. The number of piperazine rings is 1. The van der Waals surface area contributed by atoms with Crippen LogP contribution in [0.2, 0.25) is 0 Å². The first kappa shape index (κ1) is 14.0. The molecule has 1 aliphatic heterocycles. The molecule has 1 saturated heterocycles. The summed E-state index contributed by atoms with van der Waals surface area (Å²) in [5.74, 6) is 0. The largest absolute Gasteiger partial charge is 0.309 e. The van der Waals surface area contributed by atoms with Crippen molar-refractivity contribution in [3.05, 3.63) is 0 Å². The normalized spacial score (nSPS) is 33.0. The molecule has 1 fully saturated rings.